The fraction of sp³-hybridized carbons (Fsp3) is 0.474. The number of nitrogens with zero attached hydrogens (tertiary/aromatic N) is 2. The molecule has 6 heteroatoms. The lowest BCUT2D eigenvalue weighted by atomic mass is 9.92. The summed E-state index contributed by atoms with van der Waals surface area (Å²) in [5.41, 5.74) is 3.05. The number of aromatic nitrogens is 1. The number of carbonyl (C=O) groups excluding carboxylic acids is 1. The van der Waals surface area contributed by atoms with Gasteiger partial charge < -0.3 is 9.26 Å². The first kappa shape index (κ1) is 16.1. The zero-order chi connectivity index (χ0) is 17.1. The van der Waals surface area contributed by atoms with Crippen LogP contribution in [0.15, 0.2) is 28.8 Å². The second-order valence-electron chi connectivity index (χ2n) is 6.55. The van der Waals surface area contributed by atoms with E-state index in [1.54, 1.807) is 6.07 Å². The molecular weight excluding hydrogens is 320 g/mol. The Morgan fingerprint density at radius 2 is 2.00 bits per heavy atom. The normalized spacial score (nSPS) is 17.2. The van der Waals surface area contributed by atoms with Crippen molar-refractivity contribution >= 4 is 5.91 Å². The van der Waals surface area contributed by atoms with Crippen LogP contribution in [0.1, 0.15) is 53.1 Å². The van der Waals surface area contributed by atoms with Gasteiger partial charge in [-0.25, -0.2) is 5.06 Å². The van der Waals surface area contributed by atoms with Crippen LogP contribution >= 0.6 is 0 Å². The van der Waals surface area contributed by atoms with E-state index >= 15 is 0 Å². The van der Waals surface area contributed by atoms with Crippen molar-refractivity contribution in [3.63, 3.8) is 0 Å². The van der Waals surface area contributed by atoms with Crippen LogP contribution < -0.4 is 4.74 Å². The van der Waals surface area contributed by atoms with E-state index in [4.69, 9.17) is 14.1 Å². The maximum atomic E-state index is 12.3. The number of amides is 1. The van der Waals surface area contributed by atoms with Gasteiger partial charge in [0.15, 0.2) is 11.5 Å². The summed E-state index contributed by atoms with van der Waals surface area (Å²) < 4.78 is 11.0. The first-order valence-electron chi connectivity index (χ1n) is 8.94. The van der Waals surface area contributed by atoms with Gasteiger partial charge in [-0.1, -0.05) is 11.2 Å². The smallest absolute Gasteiger partial charge is 0.299 e. The van der Waals surface area contributed by atoms with Gasteiger partial charge in [0.2, 0.25) is 0 Å². The Bertz CT molecular complexity index is 750. The number of rotatable bonds is 4. The van der Waals surface area contributed by atoms with E-state index in [2.05, 4.69) is 17.3 Å². The van der Waals surface area contributed by atoms with Crippen LogP contribution in [0.4, 0.5) is 0 Å². The molecule has 132 valence electrons. The number of hydrogen-bond acceptors (Lipinski definition) is 5. The third-order valence-electron chi connectivity index (χ3n) is 4.71. The van der Waals surface area contributed by atoms with E-state index in [1.165, 1.54) is 29.0 Å². The molecule has 1 fully saturated rings. The Morgan fingerprint density at radius 3 is 2.84 bits per heavy atom. The van der Waals surface area contributed by atoms with Crippen LogP contribution in [0.3, 0.4) is 0 Å². The zero-order valence-electron chi connectivity index (χ0n) is 14.2. The second kappa shape index (κ2) is 7.27. The van der Waals surface area contributed by atoms with Gasteiger partial charge in [0, 0.05) is 12.6 Å². The molecule has 0 spiro atoms. The zero-order valence-corrected chi connectivity index (χ0v) is 14.2. The molecule has 1 saturated heterocycles. The number of fused-ring (bicyclic) bond motifs is 1. The predicted molar refractivity (Wildman–Crippen MR) is 90.1 cm³/mol. The molecule has 0 radical (unpaired) electrons. The number of hydrogen-bond donors (Lipinski definition) is 0. The van der Waals surface area contributed by atoms with Crippen molar-refractivity contribution in [2.45, 2.75) is 45.1 Å². The lowest BCUT2D eigenvalue weighted by Crippen LogP contribution is -2.35. The molecule has 0 saturated carbocycles. The molecule has 25 heavy (non-hydrogen) atoms. The van der Waals surface area contributed by atoms with Gasteiger partial charge in [-0.3, -0.25) is 9.63 Å². The molecule has 2 heterocycles. The molecule has 2 aromatic rings. The molecule has 0 atom stereocenters. The standard InChI is InChI=1S/C19H22N2O4/c22-19(21-9-3-4-10-24-21)18-12-17(25-20-18)13-23-16-8-7-14-5-1-2-6-15(14)11-16/h7-8,11-12H,1-6,9-10,13H2. The monoisotopic (exact) mass is 342 g/mol. The summed E-state index contributed by atoms with van der Waals surface area (Å²) in [5.74, 6) is 1.09. The van der Waals surface area contributed by atoms with Crippen LogP contribution in [-0.4, -0.2) is 29.3 Å². The van der Waals surface area contributed by atoms with E-state index in [9.17, 15) is 4.79 Å². The van der Waals surface area contributed by atoms with Crippen molar-refractivity contribution < 1.29 is 18.9 Å². The van der Waals surface area contributed by atoms with E-state index in [-0.39, 0.29) is 18.2 Å². The van der Waals surface area contributed by atoms with Crippen molar-refractivity contribution in [2.24, 2.45) is 0 Å². The molecule has 2 aliphatic rings. The van der Waals surface area contributed by atoms with Crippen molar-refractivity contribution in [2.75, 3.05) is 13.2 Å². The number of carbonyl (C=O) groups is 1. The predicted octanol–water partition coefficient (Wildman–Crippen LogP) is 3.30. The molecule has 0 bridgehead atoms. The maximum absolute atomic E-state index is 12.3. The summed E-state index contributed by atoms with van der Waals surface area (Å²) in [6.45, 7) is 1.41. The van der Waals surface area contributed by atoms with E-state index < -0.39 is 0 Å². The average Bonchev–Trinajstić information content (AvgIpc) is 3.15. The number of aryl methyl sites for hydroxylation is 2. The first-order valence-corrected chi connectivity index (χ1v) is 8.94. The summed E-state index contributed by atoms with van der Waals surface area (Å²) >= 11 is 0. The highest BCUT2D eigenvalue weighted by Gasteiger charge is 2.23. The van der Waals surface area contributed by atoms with Crippen molar-refractivity contribution in [3.8, 4) is 5.75 Å². The third kappa shape index (κ3) is 3.69. The highest BCUT2D eigenvalue weighted by Crippen LogP contribution is 2.26. The summed E-state index contributed by atoms with van der Waals surface area (Å²) in [6.07, 6.45) is 6.69. The largest absolute Gasteiger partial charge is 0.486 e. The Morgan fingerprint density at radius 1 is 1.12 bits per heavy atom. The summed E-state index contributed by atoms with van der Waals surface area (Å²) in [6, 6.07) is 7.87. The molecule has 0 unspecified atom stereocenters. The minimum Gasteiger partial charge on any atom is -0.486 e. The summed E-state index contributed by atoms with van der Waals surface area (Å²) in [4.78, 5) is 17.6. The van der Waals surface area contributed by atoms with E-state index in [0.717, 1.165) is 31.4 Å². The Kier molecular flexibility index (Phi) is 4.70. The van der Waals surface area contributed by atoms with Gasteiger partial charge in [0.1, 0.15) is 12.4 Å². The molecule has 1 aromatic carbocycles. The molecule has 1 aromatic heterocycles. The van der Waals surface area contributed by atoms with Crippen LogP contribution in [-0.2, 0) is 24.3 Å². The molecule has 1 aliphatic carbocycles. The van der Waals surface area contributed by atoms with Crippen LogP contribution in [0.5, 0.6) is 5.75 Å². The fourth-order valence-corrected chi connectivity index (χ4v) is 3.32. The average molecular weight is 342 g/mol. The lowest BCUT2D eigenvalue weighted by Gasteiger charge is -2.24. The SMILES string of the molecule is O=C(c1cc(COc2ccc3c(c2)CCCC3)on1)N1CCCCO1. The van der Waals surface area contributed by atoms with Gasteiger partial charge in [0.05, 0.1) is 6.61 Å². The van der Waals surface area contributed by atoms with Gasteiger partial charge in [0.25, 0.3) is 5.91 Å². The number of benzene rings is 1. The van der Waals surface area contributed by atoms with Crippen molar-refractivity contribution in [1.29, 1.82) is 0 Å². The molecule has 6 nitrogen and oxygen atoms in total. The van der Waals surface area contributed by atoms with Crippen LogP contribution in [0.25, 0.3) is 0 Å². The van der Waals surface area contributed by atoms with Crippen molar-refractivity contribution in [1.82, 2.24) is 10.2 Å². The van der Waals surface area contributed by atoms with Gasteiger partial charge >= 0.3 is 0 Å². The summed E-state index contributed by atoms with van der Waals surface area (Å²) in [7, 11) is 0. The Balaban J connectivity index is 1.37. The molecule has 0 N–H and O–H groups in total. The van der Waals surface area contributed by atoms with E-state index in [0.29, 0.717) is 18.9 Å². The summed E-state index contributed by atoms with van der Waals surface area (Å²) in [5, 5.41) is 5.20. The van der Waals surface area contributed by atoms with Crippen molar-refractivity contribution in [3.05, 3.63) is 46.8 Å². The lowest BCUT2D eigenvalue weighted by molar-refractivity contribution is -0.144. The highest BCUT2D eigenvalue weighted by atomic mass is 16.7. The highest BCUT2D eigenvalue weighted by molar-refractivity contribution is 5.91. The topological polar surface area (TPSA) is 64.8 Å². The van der Waals surface area contributed by atoms with Crippen LogP contribution in [0.2, 0.25) is 0 Å². The number of hydroxylamine groups is 2. The van der Waals surface area contributed by atoms with Gasteiger partial charge in [-0.05, 0) is 61.8 Å². The molecule has 1 amide bonds. The minimum atomic E-state index is -0.261. The number of ether oxygens (including phenoxy) is 1. The van der Waals surface area contributed by atoms with E-state index in [1.807, 2.05) is 6.07 Å². The Hall–Kier alpha value is -2.34. The second-order valence-corrected chi connectivity index (χ2v) is 6.55. The third-order valence-corrected chi connectivity index (χ3v) is 4.71. The molecule has 4 rings (SSSR count). The Labute approximate surface area is 146 Å². The minimum absolute atomic E-state index is 0.250. The van der Waals surface area contributed by atoms with Gasteiger partial charge in [-0.2, -0.15) is 0 Å². The first-order chi connectivity index (χ1) is 12.3. The molecule has 1 aliphatic heterocycles. The fourth-order valence-electron chi connectivity index (χ4n) is 3.32. The molecular formula is C19H22N2O4. The van der Waals surface area contributed by atoms with Crippen LogP contribution in [0, 0.1) is 0 Å². The quantitative estimate of drug-likeness (QED) is 0.853. The van der Waals surface area contributed by atoms with Gasteiger partial charge in [-0.15, -0.1) is 0 Å². The maximum Gasteiger partial charge on any atom is 0.299 e.